The number of hydrogen-bond acceptors (Lipinski definition) is 6. The smallest absolute Gasteiger partial charge is 0.339 e. The highest BCUT2D eigenvalue weighted by atomic mass is 16.5. The molecule has 4 aromatic heterocycles. The molecule has 0 saturated heterocycles. The molecule has 0 aromatic carbocycles. The molecule has 0 aliphatic rings. The van der Waals surface area contributed by atoms with Crippen molar-refractivity contribution >= 4 is 11.6 Å². The van der Waals surface area contributed by atoms with Crippen molar-refractivity contribution in [3.63, 3.8) is 0 Å². The van der Waals surface area contributed by atoms with E-state index in [0.717, 1.165) is 11.1 Å². The van der Waals surface area contributed by atoms with Crippen molar-refractivity contribution in [1.82, 2.24) is 19.4 Å². The summed E-state index contributed by atoms with van der Waals surface area (Å²) in [6.45, 7) is 0. The number of nitriles is 1. The van der Waals surface area contributed by atoms with Gasteiger partial charge in [-0.15, -0.1) is 0 Å². The molecule has 0 aliphatic heterocycles. The van der Waals surface area contributed by atoms with Crippen LogP contribution in [0, 0.1) is 11.3 Å². The van der Waals surface area contributed by atoms with Crippen molar-refractivity contribution in [2.45, 2.75) is 0 Å². The summed E-state index contributed by atoms with van der Waals surface area (Å²) in [6.07, 6.45) is 6.54. The molecule has 0 spiro atoms. The lowest BCUT2D eigenvalue weighted by Crippen LogP contribution is -2.02. The summed E-state index contributed by atoms with van der Waals surface area (Å²) < 4.78 is 6.44. The molecule has 0 fully saturated rings. The molecule has 130 valence electrons. The van der Waals surface area contributed by atoms with Crippen molar-refractivity contribution < 1.29 is 9.53 Å². The number of fused-ring (bicyclic) bond motifs is 1. The molecule has 7 nitrogen and oxygen atoms in total. The van der Waals surface area contributed by atoms with Gasteiger partial charge in [-0.3, -0.25) is 14.4 Å². The van der Waals surface area contributed by atoms with Crippen LogP contribution in [-0.2, 0) is 4.74 Å². The first-order valence-corrected chi connectivity index (χ1v) is 8.08. The summed E-state index contributed by atoms with van der Waals surface area (Å²) in [5.41, 5.74) is 4.56. The fourth-order valence-corrected chi connectivity index (χ4v) is 2.84. The molecule has 0 aliphatic carbocycles. The normalized spacial score (nSPS) is 10.5. The van der Waals surface area contributed by atoms with Gasteiger partial charge in [-0.2, -0.15) is 5.26 Å². The molecule has 4 aromatic rings. The summed E-state index contributed by atoms with van der Waals surface area (Å²) in [6, 6.07) is 13.1. The number of pyridine rings is 3. The van der Waals surface area contributed by atoms with Crippen LogP contribution in [0.5, 0.6) is 0 Å². The molecule has 0 unspecified atom stereocenters. The Balaban J connectivity index is 1.82. The Kier molecular flexibility index (Phi) is 4.07. The van der Waals surface area contributed by atoms with Gasteiger partial charge in [-0.1, -0.05) is 6.07 Å². The predicted molar refractivity (Wildman–Crippen MR) is 97.7 cm³/mol. The van der Waals surface area contributed by atoms with Crippen LogP contribution in [0.2, 0.25) is 0 Å². The first kappa shape index (κ1) is 16.4. The Bertz CT molecular complexity index is 1190. The van der Waals surface area contributed by atoms with Crippen LogP contribution >= 0.6 is 0 Å². The zero-order chi connectivity index (χ0) is 18.8. The molecule has 0 bridgehead atoms. The van der Waals surface area contributed by atoms with E-state index in [9.17, 15) is 10.1 Å². The third kappa shape index (κ3) is 2.89. The molecule has 0 amide bonds. The summed E-state index contributed by atoms with van der Waals surface area (Å²) in [7, 11) is 1.33. The maximum atomic E-state index is 11.6. The van der Waals surface area contributed by atoms with Gasteiger partial charge in [0.1, 0.15) is 17.4 Å². The molecule has 0 N–H and O–H groups in total. The van der Waals surface area contributed by atoms with Crippen molar-refractivity contribution in [2.75, 3.05) is 7.11 Å². The SMILES string of the molecule is COC(=O)c1ccc(-c2ncccc2-c2ccc3ncc(C#N)n3c2)nc1. The summed E-state index contributed by atoms with van der Waals surface area (Å²) in [4.78, 5) is 24.6. The second-order valence-corrected chi connectivity index (χ2v) is 5.72. The molecular weight excluding hydrogens is 342 g/mol. The maximum Gasteiger partial charge on any atom is 0.339 e. The molecule has 0 saturated carbocycles. The molecule has 0 radical (unpaired) electrons. The summed E-state index contributed by atoms with van der Waals surface area (Å²) in [5.74, 6) is -0.440. The Morgan fingerprint density at radius 3 is 2.74 bits per heavy atom. The minimum Gasteiger partial charge on any atom is -0.465 e. The number of methoxy groups -OCH3 is 1. The van der Waals surface area contributed by atoms with E-state index in [-0.39, 0.29) is 0 Å². The number of esters is 1. The van der Waals surface area contributed by atoms with Crippen molar-refractivity contribution in [3.05, 3.63) is 72.4 Å². The molecular formula is C20H13N5O2. The highest BCUT2D eigenvalue weighted by Gasteiger charge is 2.13. The monoisotopic (exact) mass is 355 g/mol. The molecule has 0 atom stereocenters. The van der Waals surface area contributed by atoms with Crippen LogP contribution in [-0.4, -0.2) is 32.4 Å². The van der Waals surface area contributed by atoms with E-state index in [0.29, 0.717) is 28.3 Å². The minimum absolute atomic E-state index is 0.372. The standard InChI is InChI=1S/C20H13N5O2/c1-27-20(26)13-4-6-17(23-10-13)19-16(3-2-8-22-19)14-5-7-18-24-11-15(9-21)25(18)12-14/h2-8,10-12H,1H3. The van der Waals surface area contributed by atoms with E-state index in [1.165, 1.54) is 19.5 Å². The molecule has 7 heteroatoms. The van der Waals surface area contributed by atoms with E-state index in [1.54, 1.807) is 22.7 Å². The average Bonchev–Trinajstić information content (AvgIpc) is 3.15. The van der Waals surface area contributed by atoms with Crippen LogP contribution in [0.4, 0.5) is 0 Å². The van der Waals surface area contributed by atoms with Gasteiger partial charge in [0.2, 0.25) is 0 Å². The first-order valence-electron chi connectivity index (χ1n) is 8.08. The molecule has 4 rings (SSSR count). The third-order valence-electron chi connectivity index (χ3n) is 4.17. The lowest BCUT2D eigenvalue weighted by Gasteiger charge is -2.09. The van der Waals surface area contributed by atoms with Gasteiger partial charge in [0, 0.05) is 29.7 Å². The van der Waals surface area contributed by atoms with Gasteiger partial charge >= 0.3 is 5.97 Å². The second kappa shape index (κ2) is 6.69. The zero-order valence-corrected chi connectivity index (χ0v) is 14.3. The molecule has 4 heterocycles. The number of rotatable bonds is 3. The van der Waals surface area contributed by atoms with Crippen LogP contribution in [0.3, 0.4) is 0 Å². The minimum atomic E-state index is -0.440. The number of aromatic nitrogens is 4. The number of carbonyl (C=O) groups excluding carboxylic acids is 1. The Morgan fingerprint density at radius 1 is 1.11 bits per heavy atom. The maximum absolute atomic E-state index is 11.6. The van der Waals surface area contributed by atoms with Crippen molar-refractivity contribution in [2.24, 2.45) is 0 Å². The fraction of sp³-hybridized carbons (Fsp3) is 0.0500. The van der Waals surface area contributed by atoms with Crippen LogP contribution in [0.25, 0.3) is 28.2 Å². The van der Waals surface area contributed by atoms with E-state index < -0.39 is 5.97 Å². The number of carbonyl (C=O) groups is 1. The number of ether oxygens (including phenoxy) is 1. The van der Waals surface area contributed by atoms with Gasteiger partial charge in [-0.25, -0.2) is 9.78 Å². The highest BCUT2D eigenvalue weighted by Crippen LogP contribution is 2.29. The quantitative estimate of drug-likeness (QED) is 0.524. The first-order chi connectivity index (χ1) is 13.2. The van der Waals surface area contributed by atoms with Crippen molar-refractivity contribution in [3.8, 4) is 28.6 Å². The van der Waals surface area contributed by atoms with E-state index in [4.69, 9.17) is 4.74 Å². The van der Waals surface area contributed by atoms with E-state index in [2.05, 4.69) is 21.0 Å². The zero-order valence-electron chi connectivity index (χ0n) is 14.3. The van der Waals surface area contributed by atoms with Gasteiger partial charge < -0.3 is 4.74 Å². The highest BCUT2D eigenvalue weighted by molar-refractivity contribution is 5.89. The number of imidazole rings is 1. The van der Waals surface area contributed by atoms with Crippen LogP contribution in [0.1, 0.15) is 16.1 Å². The lowest BCUT2D eigenvalue weighted by atomic mass is 10.0. The summed E-state index contributed by atoms with van der Waals surface area (Å²) >= 11 is 0. The van der Waals surface area contributed by atoms with E-state index >= 15 is 0 Å². The average molecular weight is 355 g/mol. The fourth-order valence-electron chi connectivity index (χ4n) is 2.84. The Hall–Kier alpha value is -4.05. The van der Waals surface area contributed by atoms with Gasteiger partial charge in [0.05, 0.1) is 30.3 Å². The van der Waals surface area contributed by atoms with E-state index in [1.807, 2.05) is 30.5 Å². The Labute approximate surface area is 154 Å². The van der Waals surface area contributed by atoms with Crippen LogP contribution < -0.4 is 0 Å². The number of nitrogens with zero attached hydrogens (tertiary/aromatic N) is 5. The molecule has 27 heavy (non-hydrogen) atoms. The Morgan fingerprint density at radius 2 is 2.00 bits per heavy atom. The van der Waals surface area contributed by atoms with Gasteiger partial charge in [0.15, 0.2) is 0 Å². The topological polar surface area (TPSA) is 93.2 Å². The van der Waals surface area contributed by atoms with Crippen LogP contribution in [0.15, 0.2) is 61.2 Å². The largest absolute Gasteiger partial charge is 0.465 e. The summed E-state index contributed by atoms with van der Waals surface area (Å²) in [5, 5.41) is 9.24. The lowest BCUT2D eigenvalue weighted by molar-refractivity contribution is 0.0600. The number of hydrogen-bond donors (Lipinski definition) is 0. The second-order valence-electron chi connectivity index (χ2n) is 5.72. The van der Waals surface area contributed by atoms with Gasteiger partial charge in [0.25, 0.3) is 0 Å². The van der Waals surface area contributed by atoms with Crippen molar-refractivity contribution in [1.29, 1.82) is 5.26 Å². The third-order valence-corrected chi connectivity index (χ3v) is 4.17. The predicted octanol–water partition coefficient (Wildman–Crippen LogP) is 3.12. The van der Waals surface area contributed by atoms with Gasteiger partial charge in [-0.05, 0) is 30.3 Å².